The first-order valence-electron chi connectivity index (χ1n) is 5.65. The predicted molar refractivity (Wildman–Crippen MR) is 63.5 cm³/mol. The van der Waals surface area contributed by atoms with Gasteiger partial charge in [0.05, 0.1) is 0 Å². The minimum absolute atomic E-state index is 0.407. The Kier molecular flexibility index (Phi) is 2.28. The topological polar surface area (TPSA) is 9.23 Å². The van der Waals surface area contributed by atoms with E-state index in [1.807, 2.05) is 0 Å². The van der Waals surface area contributed by atoms with Crippen LogP contribution in [-0.4, -0.2) is 10.5 Å². The highest BCUT2D eigenvalue weighted by atomic mass is 32.1. The second-order valence-electron chi connectivity index (χ2n) is 5.08. The van der Waals surface area contributed by atoms with E-state index in [-0.39, 0.29) is 0 Å². The number of thiol groups is 1. The lowest BCUT2D eigenvalue weighted by Crippen LogP contribution is -2.30. The van der Waals surface area contributed by atoms with E-state index in [1.54, 1.807) is 0 Å². The molecule has 0 saturated heterocycles. The van der Waals surface area contributed by atoms with Crippen molar-refractivity contribution in [2.75, 3.05) is 0 Å². The summed E-state index contributed by atoms with van der Waals surface area (Å²) in [4.78, 5) is 0. The SMILES string of the molecule is S=C(S)O[C@@H]1C[C@@H]2C[C@@H]1[C@H]1CCC[C@@H]21. The quantitative estimate of drug-likeness (QED) is 0.545. The Morgan fingerprint density at radius 2 is 1.93 bits per heavy atom. The van der Waals surface area contributed by atoms with Crippen LogP contribution in [0.2, 0.25) is 0 Å². The molecule has 0 N–H and O–H groups in total. The van der Waals surface area contributed by atoms with Gasteiger partial charge in [0.25, 0.3) is 0 Å². The van der Waals surface area contributed by atoms with Crippen LogP contribution in [0.3, 0.4) is 0 Å². The first-order chi connectivity index (χ1) is 6.75. The van der Waals surface area contributed by atoms with Gasteiger partial charge in [0.15, 0.2) is 0 Å². The molecule has 3 fully saturated rings. The fourth-order valence-electron chi connectivity index (χ4n) is 4.27. The zero-order valence-electron chi connectivity index (χ0n) is 8.19. The van der Waals surface area contributed by atoms with Gasteiger partial charge in [-0.2, -0.15) is 0 Å². The van der Waals surface area contributed by atoms with Gasteiger partial charge < -0.3 is 4.74 Å². The van der Waals surface area contributed by atoms with Gasteiger partial charge in [0.2, 0.25) is 4.38 Å². The Labute approximate surface area is 96.0 Å². The Morgan fingerprint density at radius 1 is 1.14 bits per heavy atom. The Hall–Kier alpha value is 0.240. The number of rotatable bonds is 1. The fourth-order valence-corrected chi connectivity index (χ4v) is 4.53. The molecule has 0 aromatic carbocycles. The summed E-state index contributed by atoms with van der Waals surface area (Å²) in [5, 5.41) is 0. The molecule has 0 aromatic rings. The average molecular weight is 228 g/mol. The Balaban J connectivity index is 1.73. The Morgan fingerprint density at radius 3 is 2.71 bits per heavy atom. The van der Waals surface area contributed by atoms with Gasteiger partial charge in [-0.1, -0.05) is 19.0 Å². The molecule has 3 heteroatoms. The largest absolute Gasteiger partial charge is 0.475 e. The number of thiocarbonyl (C=S) groups is 1. The second kappa shape index (κ2) is 3.38. The smallest absolute Gasteiger partial charge is 0.217 e. The third kappa shape index (κ3) is 1.32. The molecule has 0 heterocycles. The van der Waals surface area contributed by atoms with Crippen molar-refractivity contribution in [3.63, 3.8) is 0 Å². The highest BCUT2D eigenvalue weighted by Gasteiger charge is 2.54. The van der Waals surface area contributed by atoms with E-state index in [0.717, 1.165) is 23.7 Å². The van der Waals surface area contributed by atoms with E-state index < -0.39 is 0 Å². The van der Waals surface area contributed by atoms with Crippen LogP contribution in [0.5, 0.6) is 0 Å². The maximum atomic E-state index is 5.65. The second-order valence-corrected chi connectivity index (χ2v) is 6.16. The summed E-state index contributed by atoms with van der Waals surface area (Å²) < 4.78 is 6.09. The summed E-state index contributed by atoms with van der Waals surface area (Å²) in [6, 6.07) is 0. The summed E-state index contributed by atoms with van der Waals surface area (Å²) in [7, 11) is 0. The Bertz CT molecular complexity index is 266. The molecule has 0 aliphatic heterocycles. The van der Waals surface area contributed by atoms with Crippen molar-refractivity contribution in [3.8, 4) is 0 Å². The van der Waals surface area contributed by atoms with Crippen LogP contribution in [0.1, 0.15) is 32.1 Å². The molecule has 0 amide bonds. The van der Waals surface area contributed by atoms with Crippen LogP contribution in [-0.2, 0) is 4.74 Å². The normalized spacial score (nSPS) is 49.4. The molecule has 3 saturated carbocycles. The zero-order chi connectivity index (χ0) is 9.71. The van der Waals surface area contributed by atoms with Gasteiger partial charge in [-0.25, -0.2) is 0 Å². The third-order valence-corrected chi connectivity index (χ3v) is 4.82. The minimum Gasteiger partial charge on any atom is -0.475 e. The molecule has 0 unspecified atom stereocenters. The van der Waals surface area contributed by atoms with Crippen molar-refractivity contribution < 1.29 is 4.74 Å². The molecule has 2 bridgehead atoms. The maximum absolute atomic E-state index is 5.65. The molecular weight excluding hydrogens is 212 g/mol. The van der Waals surface area contributed by atoms with Crippen molar-refractivity contribution in [3.05, 3.63) is 0 Å². The number of hydrogen-bond donors (Lipinski definition) is 1. The highest BCUT2D eigenvalue weighted by molar-refractivity contribution is 8.10. The molecule has 0 spiro atoms. The lowest BCUT2D eigenvalue weighted by molar-refractivity contribution is 0.0814. The lowest BCUT2D eigenvalue weighted by atomic mass is 9.80. The van der Waals surface area contributed by atoms with Crippen LogP contribution in [0.4, 0.5) is 0 Å². The maximum Gasteiger partial charge on any atom is 0.217 e. The molecule has 14 heavy (non-hydrogen) atoms. The van der Waals surface area contributed by atoms with E-state index in [1.165, 1.54) is 32.1 Å². The summed E-state index contributed by atoms with van der Waals surface area (Å²) >= 11 is 8.98. The summed E-state index contributed by atoms with van der Waals surface area (Å²) in [6.07, 6.45) is 7.41. The average Bonchev–Trinajstić information content (AvgIpc) is 2.68. The molecule has 3 rings (SSSR count). The van der Waals surface area contributed by atoms with Crippen molar-refractivity contribution in [2.45, 2.75) is 38.2 Å². The molecule has 78 valence electrons. The van der Waals surface area contributed by atoms with Gasteiger partial charge in [0, 0.05) is 0 Å². The van der Waals surface area contributed by atoms with E-state index in [0.29, 0.717) is 10.5 Å². The summed E-state index contributed by atoms with van der Waals surface area (Å²) in [6.45, 7) is 0. The number of ether oxygens (including phenoxy) is 1. The van der Waals surface area contributed by atoms with Crippen LogP contribution in [0.25, 0.3) is 0 Å². The fraction of sp³-hybridized carbons (Fsp3) is 0.909. The van der Waals surface area contributed by atoms with Gasteiger partial charge >= 0.3 is 0 Å². The van der Waals surface area contributed by atoms with Gasteiger partial charge in [0.1, 0.15) is 6.10 Å². The minimum atomic E-state index is 0.407. The van der Waals surface area contributed by atoms with Gasteiger partial charge in [-0.3, -0.25) is 0 Å². The molecule has 0 radical (unpaired) electrons. The number of fused-ring (bicyclic) bond motifs is 5. The third-order valence-electron chi connectivity index (χ3n) is 4.62. The van der Waals surface area contributed by atoms with Crippen LogP contribution in [0, 0.1) is 23.7 Å². The van der Waals surface area contributed by atoms with E-state index >= 15 is 0 Å². The standard InChI is InChI=1S/C11H16OS2/c13-11(14)12-10-5-6-4-9(10)8-3-1-2-7(6)8/h6-10H,1-5H2,(H,13,14)/t6-,7-,8-,9+,10+/m0/s1. The predicted octanol–water partition coefficient (Wildman–Crippen LogP) is 3.04. The highest BCUT2D eigenvalue weighted by Crippen LogP contribution is 2.59. The molecular formula is C11H16OS2. The molecule has 1 nitrogen and oxygen atoms in total. The van der Waals surface area contributed by atoms with E-state index in [2.05, 4.69) is 12.6 Å². The van der Waals surface area contributed by atoms with Crippen molar-refractivity contribution in [1.82, 2.24) is 0 Å². The number of hydrogen-bond acceptors (Lipinski definition) is 2. The lowest BCUT2D eigenvalue weighted by Gasteiger charge is -2.31. The van der Waals surface area contributed by atoms with Crippen molar-refractivity contribution in [2.24, 2.45) is 23.7 Å². The first-order valence-corrected chi connectivity index (χ1v) is 6.51. The zero-order valence-corrected chi connectivity index (χ0v) is 9.90. The van der Waals surface area contributed by atoms with Crippen molar-refractivity contribution >= 4 is 29.2 Å². The van der Waals surface area contributed by atoms with Crippen LogP contribution in [0.15, 0.2) is 0 Å². The van der Waals surface area contributed by atoms with E-state index in [4.69, 9.17) is 17.0 Å². The van der Waals surface area contributed by atoms with Gasteiger partial charge in [-0.05, 0) is 61.6 Å². The van der Waals surface area contributed by atoms with Gasteiger partial charge in [-0.15, -0.1) is 0 Å². The monoisotopic (exact) mass is 228 g/mol. The van der Waals surface area contributed by atoms with Crippen LogP contribution >= 0.6 is 24.8 Å². The summed E-state index contributed by atoms with van der Waals surface area (Å²) in [5.74, 6) is 3.74. The van der Waals surface area contributed by atoms with Crippen molar-refractivity contribution in [1.29, 1.82) is 0 Å². The molecule has 3 aliphatic rings. The van der Waals surface area contributed by atoms with Crippen LogP contribution < -0.4 is 0 Å². The first kappa shape index (κ1) is 9.46. The molecule has 3 aliphatic carbocycles. The molecule has 0 aromatic heterocycles. The summed E-state index contributed by atoms with van der Waals surface area (Å²) in [5.41, 5.74) is 0. The molecule has 5 atom stereocenters. The van der Waals surface area contributed by atoms with E-state index in [9.17, 15) is 0 Å².